The summed E-state index contributed by atoms with van der Waals surface area (Å²) in [7, 11) is 1.22. The van der Waals surface area contributed by atoms with E-state index in [-0.39, 0.29) is 0 Å². The van der Waals surface area contributed by atoms with E-state index in [1.165, 1.54) is 13.2 Å². The molecule has 2 bridgehead atoms. The van der Waals surface area contributed by atoms with Crippen LogP contribution in [0.3, 0.4) is 0 Å². The van der Waals surface area contributed by atoms with E-state index in [4.69, 9.17) is 4.74 Å². The van der Waals surface area contributed by atoms with E-state index in [2.05, 4.69) is 4.74 Å². The average Bonchev–Trinajstić information content (AvgIpc) is 2.15. The van der Waals surface area contributed by atoms with Gasteiger partial charge in [-0.1, -0.05) is 0 Å². The van der Waals surface area contributed by atoms with Gasteiger partial charge in [-0.05, 0) is 6.08 Å². The molecular formula is C9H9FO4. The first kappa shape index (κ1) is 9.18. The zero-order chi connectivity index (χ0) is 10.3. The van der Waals surface area contributed by atoms with Gasteiger partial charge in [0, 0.05) is 6.42 Å². The molecule has 1 fully saturated rings. The molecule has 0 aromatic heterocycles. The van der Waals surface area contributed by atoms with E-state index >= 15 is 0 Å². The predicted molar refractivity (Wildman–Crippen MR) is 42.7 cm³/mol. The minimum absolute atomic E-state index is 0.316. The highest BCUT2D eigenvalue weighted by molar-refractivity contribution is 5.86. The average molecular weight is 200 g/mol. The molecule has 2 heterocycles. The van der Waals surface area contributed by atoms with Crippen LogP contribution in [0.5, 0.6) is 0 Å². The summed E-state index contributed by atoms with van der Waals surface area (Å²) in [6.45, 7) is 0. The Morgan fingerprint density at radius 2 is 2.43 bits per heavy atom. The molecule has 3 rings (SSSR count). The largest absolute Gasteiger partial charge is 0.469 e. The van der Waals surface area contributed by atoms with Crippen molar-refractivity contribution in [1.82, 2.24) is 0 Å². The van der Waals surface area contributed by atoms with Crippen LogP contribution in [0.2, 0.25) is 0 Å². The van der Waals surface area contributed by atoms with Crippen molar-refractivity contribution in [3.05, 3.63) is 11.9 Å². The Bertz CT molecular complexity index is 323. The zero-order valence-electron chi connectivity index (χ0n) is 7.53. The third-order valence-corrected chi connectivity index (χ3v) is 2.56. The Balaban J connectivity index is 2.29. The summed E-state index contributed by atoms with van der Waals surface area (Å²) in [6, 6.07) is 0. The Kier molecular flexibility index (Phi) is 2.02. The zero-order valence-corrected chi connectivity index (χ0v) is 7.53. The second-order valence-corrected chi connectivity index (χ2v) is 3.37. The number of carbonyl (C=O) groups is 2. The van der Waals surface area contributed by atoms with E-state index in [1.54, 1.807) is 0 Å². The van der Waals surface area contributed by atoms with E-state index in [1.807, 2.05) is 0 Å². The number of ether oxygens (including phenoxy) is 2. The van der Waals surface area contributed by atoms with Gasteiger partial charge in [0.2, 0.25) is 0 Å². The minimum Gasteiger partial charge on any atom is -0.469 e. The van der Waals surface area contributed by atoms with Crippen molar-refractivity contribution in [2.45, 2.75) is 12.5 Å². The lowest BCUT2D eigenvalue weighted by molar-refractivity contribution is -0.172. The smallest absolute Gasteiger partial charge is 0.317 e. The molecule has 5 heteroatoms. The Morgan fingerprint density at radius 3 is 2.93 bits per heavy atom. The molecule has 4 nitrogen and oxygen atoms in total. The second-order valence-electron chi connectivity index (χ2n) is 3.37. The van der Waals surface area contributed by atoms with Crippen molar-refractivity contribution in [3.8, 4) is 0 Å². The minimum atomic E-state index is -1.09. The van der Waals surface area contributed by atoms with E-state index in [0.717, 1.165) is 0 Å². The highest BCUT2D eigenvalue weighted by Crippen LogP contribution is 2.39. The fraction of sp³-hybridized carbons (Fsp3) is 0.556. The van der Waals surface area contributed by atoms with Crippen LogP contribution in [-0.4, -0.2) is 25.2 Å². The van der Waals surface area contributed by atoms with Crippen LogP contribution < -0.4 is 0 Å². The number of hydrogen-bond acceptors (Lipinski definition) is 4. The van der Waals surface area contributed by atoms with E-state index in [9.17, 15) is 14.0 Å². The maximum Gasteiger partial charge on any atom is 0.317 e. The number of rotatable bonds is 1. The number of carbonyl (C=O) groups excluding carboxylic acids is 2. The monoisotopic (exact) mass is 200 g/mol. The first-order valence-electron chi connectivity index (χ1n) is 4.29. The molecule has 3 atom stereocenters. The van der Waals surface area contributed by atoms with Crippen LogP contribution in [0.4, 0.5) is 4.39 Å². The van der Waals surface area contributed by atoms with Crippen molar-refractivity contribution < 1.29 is 23.5 Å². The lowest BCUT2D eigenvalue weighted by Gasteiger charge is -2.35. The van der Waals surface area contributed by atoms with Crippen LogP contribution >= 0.6 is 0 Å². The summed E-state index contributed by atoms with van der Waals surface area (Å²) < 4.78 is 22.5. The second kappa shape index (κ2) is 3.08. The van der Waals surface area contributed by atoms with Gasteiger partial charge in [-0.15, -0.1) is 0 Å². The number of hydrogen-bond donors (Lipinski definition) is 0. The standard InChI is InChI=1S/C9H9FO4/c1-13-8(11)5-2-4-3-6(10)7(5)9(12)14-4/h3-5,7H,2H2,1H3. The SMILES string of the molecule is COC(=O)C1CC2C=C(F)C1C(=O)O2. The summed E-state index contributed by atoms with van der Waals surface area (Å²) in [6.07, 6.45) is 0.943. The molecule has 1 saturated heterocycles. The summed E-state index contributed by atoms with van der Waals surface area (Å²) in [5, 5.41) is 0. The van der Waals surface area contributed by atoms with Crippen LogP contribution in [0, 0.1) is 11.8 Å². The van der Waals surface area contributed by atoms with Gasteiger partial charge >= 0.3 is 11.9 Å². The third-order valence-electron chi connectivity index (χ3n) is 2.56. The van der Waals surface area contributed by atoms with Gasteiger partial charge in [0.1, 0.15) is 17.8 Å². The molecule has 1 aliphatic carbocycles. The number of methoxy groups -OCH3 is 1. The molecule has 0 amide bonds. The summed E-state index contributed by atoms with van der Waals surface area (Å²) in [4.78, 5) is 22.4. The van der Waals surface area contributed by atoms with Crippen LogP contribution in [0.25, 0.3) is 0 Å². The van der Waals surface area contributed by atoms with Gasteiger partial charge in [-0.2, -0.15) is 0 Å². The predicted octanol–water partition coefficient (Wildman–Crippen LogP) is 0.574. The highest BCUT2D eigenvalue weighted by Gasteiger charge is 2.48. The van der Waals surface area contributed by atoms with Crippen molar-refractivity contribution in [3.63, 3.8) is 0 Å². The fourth-order valence-electron chi connectivity index (χ4n) is 1.89. The van der Waals surface area contributed by atoms with Crippen LogP contribution in [-0.2, 0) is 19.1 Å². The molecule has 0 aromatic carbocycles. The normalized spacial score (nSPS) is 34.9. The first-order chi connectivity index (χ1) is 6.63. The molecule has 0 N–H and O–H groups in total. The molecule has 0 aromatic rings. The van der Waals surface area contributed by atoms with Crippen LogP contribution in [0.1, 0.15) is 6.42 Å². The first-order valence-corrected chi connectivity index (χ1v) is 4.29. The van der Waals surface area contributed by atoms with Gasteiger partial charge < -0.3 is 9.47 Å². The summed E-state index contributed by atoms with van der Waals surface area (Å²) in [5.41, 5.74) is 0. The van der Waals surface area contributed by atoms with E-state index in [0.29, 0.717) is 6.42 Å². The van der Waals surface area contributed by atoms with Gasteiger partial charge in [-0.3, -0.25) is 9.59 Å². The lowest BCUT2D eigenvalue weighted by atomic mass is 9.79. The van der Waals surface area contributed by atoms with Crippen molar-refractivity contribution in [1.29, 1.82) is 0 Å². The molecule has 14 heavy (non-hydrogen) atoms. The molecule has 76 valence electrons. The third kappa shape index (κ3) is 1.20. The molecule has 3 aliphatic rings. The molecule has 0 radical (unpaired) electrons. The van der Waals surface area contributed by atoms with Crippen molar-refractivity contribution >= 4 is 11.9 Å². The molecule has 3 unspecified atom stereocenters. The molecular weight excluding hydrogens is 191 g/mol. The number of esters is 2. The maximum atomic E-state index is 13.2. The molecule has 0 spiro atoms. The van der Waals surface area contributed by atoms with Crippen molar-refractivity contribution in [2.24, 2.45) is 11.8 Å². The Hall–Kier alpha value is -1.39. The Labute approximate surface area is 79.7 Å². The number of fused-ring (bicyclic) bond motifs is 2. The fourth-order valence-corrected chi connectivity index (χ4v) is 1.89. The van der Waals surface area contributed by atoms with Crippen LogP contribution in [0.15, 0.2) is 11.9 Å². The quantitative estimate of drug-likeness (QED) is 0.581. The molecule has 2 aliphatic heterocycles. The Morgan fingerprint density at radius 1 is 1.71 bits per heavy atom. The van der Waals surface area contributed by atoms with Gasteiger partial charge in [0.25, 0.3) is 0 Å². The van der Waals surface area contributed by atoms with Gasteiger partial charge in [0.05, 0.1) is 13.0 Å². The van der Waals surface area contributed by atoms with E-state index < -0.39 is 35.7 Å². The maximum absolute atomic E-state index is 13.2. The van der Waals surface area contributed by atoms with Crippen molar-refractivity contribution in [2.75, 3.05) is 7.11 Å². The summed E-state index contributed by atoms with van der Waals surface area (Å²) in [5.74, 6) is -3.62. The highest BCUT2D eigenvalue weighted by atomic mass is 19.1. The lowest BCUT2D eigenvalue weighted by Crippen LogP contribution is -2.45. The summed E-state index contributed by atoms with van der Waals surface area (Å²) >= 11 is 0. The van der Waals surface area contributed by atoms with Gasteiger partial charge in [0.15, 0.2) is 0 Å². The van der Waals surface area contributed by atoms with Gasteiger partial charge in [-0.25, -0.2) is 4.39 Å². The molecule has 0 saturated carbocycles. The topological polar surface area (TPSA) is 52.6 Å². The number of halogens is 1.